The van der Waals surface area contributed by atoms with Gasteiger partial charge >= 0.3 is 0 Å². The molecule has 4 rings (SSSR count). The Hall–Kier alpha value is -2.93. The minimum Gasteiger partial charge on any atom is -0.358 e. The highest BCUT2D eigenvalue weighted by molar-refractivity contribution is 5.92. The summed E-state index contributed by atoms with van der Waals surface area (Å²) in [7, 11) is 0. The van der Waals surface area contributed by atoms with E-state index in [0.717, 1.165) is 25.0 Å². The van der Waals surface area contributed by atoms with E-state index in [-0.39, 0.29) is 5.56 Å². The van der Waals surface area contributed by atoms with Crippen molar-refractivity contribution < 1.29 is 10.0 Å². The maximum Gasteiger partial charge on any atom is 0.277 e. The average Bonchev–Trinajstić information content (AvgIpc) is 3.04. The fourth-order valence-electron chi connectivity index (χ4n) is 3.43. The molecule has 1 aliphatic heterocycles. The molecule has 7 nitrogen and oxygen atoms in total. The Labute approximate surface area is 151 Å². The van der Waals surface area contributed by atoms with Gasteiger partial charge in [-0.2, -0.15) is 0 Å². The number of nitrogens with zero attached hydrogens (tertiary/aromatic N) is 3. The van der Waals surface area contributed by atoms with Crippen LogP contribution in [0, 0.1) is 0 Å². The van der Waals surface area contributed by atoms with Crippen molar-refractivity contribution in [3.05, 3.63) is 53.0 Å². The van der Waals surface area contributed by atoms with Crippen molar-refractivity contribution in [2.45, 2.75) is 32.7 Å². The van der Waals surface area contributed by atoms with Gasteiger partial charge in [-0.1, -0.05) is 19.9 Å². The zero-order valence-corrected chi connectivity index (χ0v) is 14.8. The molecule has 0 aliphatic carbocycles. The highest BCUT2D eigenvalue weighted by Gasteiger charge is 2.23. The molecule has 3 heterocycles. The molecule has 2 aromatic heterocycles. The predicted octanol–water partition coefficient (Wildman–Crippen LogP) is 2.76. The van der Waals surface area contributed by atoms with E-state index in [2.05, 4.69) is 51.9 Å². The third-order valence-electron chi connectivity index (χ3n) is 4.95. The lowest BCUT2D eigenvalue weighted by Gasteiger charge is -2.27. The summed E-state index contributed by atoms with van der Waals surface area (Å²) < 4.78 is 0. The number of hydrogen-bond acceptors (Lipinski definition) is 5. The Morgan fingerprint density at radius 3 is 2.77 bits per heavy atom. The molecule has 1 aromatic carbocycles. The Morgan fingerprint density at radius 2 is 2.08 bits per heavy atom. The summed E-state index contributed by atoms with van der Waals surface area (Å²) in [5.74, 6) is 0.452. The normalized spacial score (nSPS) is 13.9. The summed E-state index contributed by atoms with van der Waals surface area (Å²) in [4.78, 5) is 25.6. The van der Waals surface area contributed by atoms with Gasteiger partial charge in [0.05, 0.1) is 5.56 Å². The van der Waals surface area contributed by atoms with Gasteiger partial charge < -0.3 is 9.88 Å². The van der Waals surface area contributed by atoms with E-state index in [4.69, 9.17) is 5.21 Å². The molecule has 0 atom stereocenters. The van der Waals surface area contributed by atoms with E-state index in [1.54, 1.807) is 5.48 Å². The van der Waals surface area contributed by atoms with Gasteiger partial charge in [-0.05, 0) is 23.6 Å². The van der Waals surface area contributed by atoms with Crippen LogP contribution in [-0.4, -0.2) is 32.6 Å². The number of anilines is 1. The number of aromatic nitrogens is 3. The number of aromatic amines is 1. The zero-order chi connectivity index (χ0) is 18.3. The molecule has 3 aromatic rings. The van der Waals surface area contributed by atoms with Gasteiger partial charge in [0.25, 0.3) is 5.91 Å². The van der Waals surface area contributed by atoms with Crippen LogP contribution >= 0.6 is 0 Å². The first-order chi connectivity index (χ1) is 12.6. The summed E-state index contributed by atoms with van der Waals surface area (Å²) in [6, 6.07) is 6.61. The topological polar surface area (TPSA) is 94.1 Å². The molecule has 1 aliphatic rings. The van der Waals surface area contributed by atoms with Gasteiger partial charge in [-0.15, -0.1) is 0 Å². The predicted molar refractivity (Wildman–Crippen MR) is 98.4 cm³/mol. The standard InChI is InChI=1S/C19H21N5O2/c1-11(2)12-3-4-16-14(7-12)15-10-24(6-5-17(15)22-16)19-20-8-13(9-21-19)18(25)23-26/h3-4,7-9,11,22,26H,5-6,10H2,1-2H3,(H,23,25). The number of H-pyrrole nitrogens is 1. The van der Waals surface area contributed by atoms with Gasteiger partial charge in [-0.3, -0.25) is 10.0 Å². The lowest BCUT2D eigenvalue weighted by Crippen LogP contribution is -2.31. The molecule has 1 amide bonds. The van der Waals surface area contributed by atoms with E-state index >= 15 is 0 Å². The molecule has 134 valence electrons. The lowest BCUT2D eigenvalue weighted by atomic mass is 9.98. The molecule has 7 heteroatoms. The number of benzene rings is 1. The van der Waals surface area contributed by atoms with Crippen molar-refractivity contribution in [2.75, 3.05) is 11.4 Å². The number of fused-ring (bicyclic) bond motifs is 3. The molecule has 0 fully saturated rings. The van der Waals surface area contributed by atoms with Crippen LogP contribution in [0.4, 0.5) is 5.95 Å². The number of rotatable bonds is 3. The SMILES string of the molecule is CC(C)c1ccc2[nH]c3c(c2c1)CN(c1ncc(C(=O)NO)cn1)CC3. The molecule has 0 spiro atoms. The van der Waals surface area contributed by atoms with Gasteiger partial charge in [0, 0.05) is 54.1 Å². The average molecular weight is 351 g/mol. The first-order valence-electron chi connectivity index (χ1n) is 8.71. The van der Waals surface area contributed by atoms with E-state index in [9.17, 15) is 4.79 Å². The monoisotopic (exact) mass is 351 g/mol. The van der Waals surface area contributed by atoms with Crippen molar-refractivity contribution in [3.8, 4) is 0 Å². The van der Waals surface area contributed by atoms with Crippen molar-refractivity contribution in [1.82, 2.24) is 20.4 Å². The van der Waals surface area contributed by atoms with Crippen LogP contribution in [0.5, 0.6) is 0 Å². The molecule has 0 saturated heterocycles. The van der Waals surface area contributed by atoms with Crippen LogP contribution < -0.4 is 10.4 Å². The lowest BCUT2D eigenvalue weighted by molar-refractivity contribution is 0.0705. The Kier molecular flexibility index (Phi) is 4.08. The van der Waals surface area contributed by atoms with Crippen molar-refractivity contribution in [1.29, 1.82) is 0 Å². The maximum atomic E-state index is 11.4. The van der Waals surface area contributed by atoms with E-state index in [1.807, 2.05) is 0 Å². The van der Waals surface area contributed by atoms with Crippen LogP contribution in [0.15, 0.2) is 30.6 Å². The first kappa shape index (κ1) is 16.5. The largest absolute Gasteiger partial charge is 0.358 e. The summed E-state index contributed by atoms with van der Waals surface area (Å²) in [6.45, 7) is 5.93. The first-order valence-corrected chi connectivity index (χ1v) is 8.71. The molecule has 26 heavy (non-hydrogen) atoms. The Bertz CT molecular complexity index is 962. The zero-order valence-electron chi connectivity index (χ0n) is 14.8. The molecule has 0 radical (unpaired) electrons. The van der Waals surface area contributed by atoms with Crippen LogP contribution in [0.25, 0.3) is 10.9 Å². The number of carbonyl (C=O) groups is 1. The molecular formula is C19H21N5O2. The van der Waals surface area contributed by atoms with E-state index in [0.29, 0.717) is 11.9 Å². The third-order valence-corrected chi connectivity index (χ3v) is 4.95. The van der Waals surface area contributed by atoms with Crippen LogP contribution in [0.1, 0.15) is 46.9 Å². The maximum absolute atomic E-state index is 11.4. The number of hydroxylamine groups is 1. The second kappa shape index (κ2) is 6.42. The highest BCUT2D eigenvalue weighted by atomic mass is 16.5. The van der Waals surface area contributed by atoms with Crippen molar-refractivity contribution >= 4 is 22.8 Å². The Balaban J connectivity index is 1.65. The van der Waals surface area contributed by atoms with Crippen molar-refractivity contribution in [2.24, 2.45) is 0 Å². The fraction of sp³-hybridized carbons (Fsp3) is 0.316. The van der Waals surface area contributed by atoms with Gasteiger partial charge in [0.2, 0.25) is 5.95 Å². The summed E-state index contributed by atoms with van der Waals surface area (Å²) in [5.41, 5.74) is 6.86. The molecule has 0 saturated carbocycles. The second-order valence-electron chi connectivity index (χ2n) is 6.93. The molecule has 0 bridgehead atoms. The van der Waals surface area contributed by atoms with Crippen LogP contribution in [0.2, 0.25) is 0 Å². The van der Waals surface area contributed by atoms with Crippen molar-refractivity contribution in [3.63, 3.8) is 0 Å². The van der Waals surface area contributed by atoms with Crippen LogP contribution in [0.3, 0.4) is 0 Å². The second-order valence-corrected chi connectivity index (χ2v) is 6.93. The van der Waals surface area contributed by atoms with Gasteiger partial charge in [0.1, 0.15) is 0 Å². The third kappa shape index (κ3) is 2.80. The minimum atomic E-state index is -0.615. The quantitative estimate of drug-likeness (QED) is 0.498. The number of carbonyl (C=O) groups excluding carboxylic acids is 1. The summed E-state index contributed by atoms with van der Waals surface area (Å²) in [5, 5.41) is 9.94. The molecular weight excluding hydrogens is 330 g/mol. The molecule has 0 unspecified atom stereocenters. The van der Waals surface area contributed by atoms with E-state index < -0.39 is 5.91 Å². The number of nitrogens with one attached hydrogen (secondary N) is 2. The van der Waals surface area contributed by atoms with Gasteiger partial charge in [-0.25, -0.2) is 15.4 Å². The fourth-order valence-corrected chi connectivity index (χ4v) is 3.43. The van der Waals surface area contributed by atoms with E-state index in [1.165, 1.54) is 34.6 Å². The van der Waals surface area contributed by atoms with Gasteiger partial charge in [0.15, 0.2) is 0 Å². The molecule has 3 N–H and O–H groups in total. The number of hydrogen-bond donors (Lipinski definition) is 3. The van der Waals surface area contributed by atoms with Crippen LogP contribution in [-0.2, 0) is 13.0 Å². The summed E-state index contributed by atoms with van der Waals surface area (Å²) in [6.07, 6.45) is 3.74. The smallest absolute Gasteiger partial charge is 0.277 e. The Morgan fingerprint density at radius 1 is 1.31 bits per heavy atom. The number of amides is 1. The highest BCUT2D eigenvalue weighted by Crippen LogP contribution is 2.31. The summed E-state index contributed by atoms with van der Waals surface area (Å²) >= 11 is 0. The minimum absolute atomic E-state index is 0.225.